The molecule has 0 unspecified atom stereocenters. The highest BCUT2D eigenvalue weighted by Gasteiger charge is 2.29. The Morgan fingerprint density at radius 1 is 1.28 bits per heavy atom. The molecule has 3 aromatic rings. The van der Waals surface area contributed by atoms with Crippen molar-refractivity contribution in [2.75, 3.05) is 11.9 Å². The van der Waals surface area contributed by atoms with Crippen molar-refractivity contribution in [1.82, 2.24) is 29.8 Å². The van der Waals surface area contributed by atoms with Crippen LogP contribution in [0.3, 0.4) is 0 Å². The van der Waals surface area contributed by atoms with Crippen molar-refractivity contribution in [1.29, 1.82) is 0 Å². The van der Waals surface area contributed by atoms with Crippen molar-refractivity contribution in [3.8, 4) is 0 Å². The minimum atomic E-state index is -0.138. The molecule has 8 nitrogen and oxygen atoms in total. The average Bonchev–Trinajstić information content (AvgIpc) is 3.37. The van der Waals surface area contributed by atoms with Crippen molar-refractivity contribution in [3.05, 3.63) is 53.0 Å². The quantitative estimate of drug-likeness (QED) is 0.622. The number of aryl methyl sites for hydroxylation is 2. The van der Waals surface area contributed by atoms with E-state index in [4.69, 9.17) is 4.98 Å². The number of carbonyl (C=O) groups is 1. The van der Waals surface area contributed by atoms with E-state index in [2.05, 4.69) is 25.3 Å². The maximum Gasteiger partial charge on any atom is 0.247 e. The van der Waals surface area contributed by atoms with Gasteiger partial charge in [-0.2, -0.15) is 0 Å². The lowest BCUT2D eigenvalue weighted by Gasteiger charge is -2.34. The van der Waals surface area contributed by atoms with E-state index in [9.17, 15) is 4.79 Å². The third-order valence-corrected chi connectivity index (χ3v) is 5.61. The molecule has 1 amide bonds. The van der Waals surface area contributed by atoms with Crippen LogP contribution in [0.2, 0.25) is 0 Å². The van der Waals surface area contributed by atoms with Gasteiger partial charge in [-0.1, -0.05) is 0 Å². The molecule has 1 atom stereocenters. The predicted octanol–water partition coefficient (Wildman–Crippen LogP) is 3.78. The number of aromatic nitrogens is 5. The molecule has 4 rings (SSSR count). The molecule has 1 aliphatic rings. The summed E-state index contributed by atoms with van der Waals surface area (Å²) in [6.07, 6.45) is 9.48. The number of hydrogen-bond donors (Lipinski definition) is 2. The third-order valence-electron chi connectivity index (χ3n) is 4.73. The van der Waals surface area contributed by atoms with Crippen molar-refractivity contribution in [2.45, 2.75) is 39.2 Å². The molecule has 0 spiro atoms. The summed E-state index contributed by atoms with van der Waals surface area (Å²) in [6.45, 7) is 4.60. The van der Waals surface area contributed by atoms with Gasteiger partial charge in [0.2, 0.25) is 5.91 Å². The summed E-state index contributed by atoms with van der Waals surface area (Å²) in [6, 6.07) is 1.76. The maximum atomic E-state index is 12.9. The molecular formula is C20H23N7OS. The summed E-state index contributed by atoms with van der Waals surface area (Å²) >= 11 is 1.54. The van der Waals surface area contributed by atoms with Gasteiger partial charge in [-0.15, -0.1) is 11.3 Å². The zero-order valence-corrected chi connectivity index (χ0v) is 17.2. The molecule has 29 heavy (non-hydrogen) atoms. The first-order valence-electron chi connectivity index (χ1n) is 9.60. The second kappa shape index (κ2) is 8.52. The fraction of sp³-hybridized carbons (Fsp3) is 0.350. The molecular weight excluding hydrogens is 386 g/mol. The van der Waals surface area contributed by atoms with E-state index in [1.54, 1.807) is 24.7 Å². The van der Waals surface area contributed by atoms with Crippen molar-refractivity contribution in [3.63, 3.8) is 0 Å². The monoisotopic (exact) mass is 409 g/mol. The van der Waals surface area contributed by atoms with Gasteiger partial charge in [0.25, 0.3) is 0 Å². The van der Waals surface area contributed by atoms with Crippen LogP contribution in [0.15, 0.2) is 30.0 Å². The van der Waals surface area contributed by atoms with Gasteiger partial charge >= 0.3 is 0 Å². The van der Waals surface area contributed by atoms with Crippen molar-refractivity contribution in [2.24, 2.45) is 0 Å². The number of nitrogens with one attached hydrogen (secondary N) is 2. The van der Waals surface area contributed by atoms with Gasteiger partial charge in [-0.25, -0.2) is 19.9 Å². The summed E-state index contributed by atoms with van der Waals surface area (Å²) < 4.78 is 0. The molecule has 150 valence electrons. The lowest BCUT2D eigenvalue weighted by Crippen LogP contribution is -2.38. The number of aromatic amines is 1. The number of thiazole rings is 1. The Hall–Kier alpha value is -3.07. The van der Waals surface area contributed by atoms with E-state index >= 15 is 0 Å². The minimum absolute atomic E-state index is 0.0422. The van der Waals surface area contributed by atoms with Crippen LogP contribution in [0.25, 0.3) is 6.08 Å². The highest BCUT2D eigenvalue weighted by Crippen LogP contribution is 2.30. The van der Waals surface area contributed by atoms with Crippen LogP contribution in [-0.2, 0) is 4.79 Å². The van der Waals surface area contributed by atoms with E-state index in [0.29, 0.717) is 18.2 Å². The third kappa shape index (κ3) is 4.68. The fourth-order valence-electron chi connectivity index (χ4n) is 3.40. The van der Waals surface area contributed by atoms with Crippen LogP contribution in [0, 0.1) is 13.8 Å². The molecule has 1 saturated heterocycles. The van der Waals surface area contributed by atoms with Crippen molar-refractivity contribution >= 4 is 34.3 Å². The molecule has 0 aliphatic carbocycles. The molecule has 2 N–H and O–H groups in total. The zero-order chi connectivity index (χ0) is 20.2. The Balaban J connectivity index is 1.56. The Morgan fingerprint density at radius 3 is 2.93 bits per heavy atom. The highest BCUT2D eigenvalue weighted by molar-refractivity contribution is 7.13. The molecule has 0 saturated carbocycles. The number of amides is 1. The number of rotatable bonds is 5. The molecule has 0 aromatic carbocycles. The second-order valence-electron chi connectivity index (χ2n) is 7.06. The number of piperidine rings is 1. The van der Waals surface area contributed by atoms with Gasteiger partial charge in [0.15, 0.2) is 11.0 Å². The second-order valence-corrected chi connectivity index (χ2v) is 7.91. The molecule has 1 fully saturated rings. The number of likely N-dealkylation sites (tertiary alicyclic amines) is 1. The molecule has 9 heteroatoms. The Kier molecular flexibility index (Phi) is 5.66. The molecule has 0 bridgehead atoms. The summed E-state index contributed by atoms with van der Waals surface area (Å²) in [7, 11) is 0. The van der Waals surface area contributed by atoms with Crippen LogP contribution >= 0.6 is 11.3 Å². The first-order chi connectivity index (χ1) is 14.1. The first-order valence-corrected chi connectivity index (χ1v) is 10.5. The average molecular weight is 410 g/mol. The lowest BCUT2D eigenvalue weighted by atomic mass is 10.0. The van der Waals surface area contributed by atoms with Crippen LogP contribution in [0.1, 0.15) is 48.2 Å². The number of anilines is 2. The molecule has 4 heterocycles. The standard InChI is InChI=1S/C20H23N7OS/c1-13-9-17(26-20-24-14(2)11-29-20)25-19(23-13)16-5-3-4-8-27(16)18(28)7-6-15-10-21-12-22-15/h6-7,9-12,16H,3-5,8H2,1-2H3,(H,21,22)(H,23,24,25,26)/b7-6+/t16-/m0/s1. The number of carbonyl (C=O) groups excluding carboxylic acids is 1. The van der Waals surface area contributed by atoms with E-state index < -0.39 is 0 Å². The topological polar surface area (TPSA) is 99.7 Å². The predicted molar refractivity (Wildman–Crippen MR) is 113 cm³/mol. The first kappa shape index (κ1) is 19.3. The largest absolute Gasteiger partial charge is 0.345 e. The van der Waals surface area contributed by atoms with E-state index in [1.807, 2.05) is 30.2 Å². The van der Waals surface area contributed by atoms with Crippen LogP contribution in [0.5, 0.6) is 0 Å². The number of nitrogens with zero attached hydrogens (tertiary/aromatic N) is 5. The number of hydrogen-bond acceptors (Lipinski definition) is 7. The van der Waals surface area contributed by atoms with Crippen LogP contribution < -0.4 is 5.32 Å². The Morgan fingerprint density at radius 2 is 2.17 bits per heavy atom. The molecule has 3 aromatic heterocycles. The van der Waals surface area contributed by atoms with Gasteiger partial charge in [-0.3, -0.25) is 4.79 Å². The Bertz CT molecular complexity index is 1010. The summed E-state index contributed by atoms with van der Waals surface area (Å²) in [5, 5.41) is 6.05. The fourth-order valence-corrected chi connectivity index (χ4v) is 4.10. The van der Waals surface area contributed by atoms with Gasteiger partial charge in [0.1, 0.15) is 5.82 Å². The highest BCUT2D eigenvalue weighted by atomic mass is 32.1. The van der Waals surface area contributed by atoms with Gasteiger partial charge in [-0.05, 0) is 39.2 Å². The van der Waals surface area contributed by atoms with Gasteiger partial charge in [0, 0.05) is 29.8 Å². The molecule has 0 radical (unpaired) electrons. The van der Waals surface area contributed by atoms with Gasteiger partial charge < -0.3 is 15.2 Å². The van der Waals surface area contributed by atoms with Crippen LogP contribution in [-0.4, -0.2) is 42.3 Å². The normalized spacial score (nSPS) is 17.0. The minimum Gasteiger partial charge on any atom is -0.345 e. The summed E-state index contributed by atoms with van der Waals surface area (Å²) in [5.74, 6) is 1.33. The van der Waals surface area contributed by atoms with E-state index in [0.717, 1.165) is 41.5 Å². The van der Waals surface area contributed by atoms with E-state index in [-0.39, 0.29) is 11.9 Å². The summed E-state index contributed by atoms with van der Waals surface area (Å²) in [5.41, 5.74) is 2.62. The van der Waals surface area contributed by atoms with Gasteiger partial charge in [0.05, 0.1) is 30.0 Å². The summed E-state index contributed by atoms with van der Waals surface area (Å²) in [4.78, 5) is 35.5. The lowest BCUT2D eigenvalue weighted by molar-refractivity contribution is -0.129. The van der Waals surface area contributed by atoms with Crippen molar-refractivity contribution < 1.29 is 4.79 Å². The number of imidazole rings is 1. The Labute approximate surface area is 173 Å². The molecule has 1 aliphatic heterocycles. The number of H-pyrrole nitrogens is 1. The van der Waals surface area contributed by atoms with Crippen LogP contribution in [0.4, 0.5) is 10.9 Å². The van der Waals surface area contributed by atoms with E-state index in [1.165, 1.54) is 11.3 Å². The smallest absolute Gasteiger partial charge is 0.247 e. The zero-order valence-electron chi connectivity index (χ0n) is 16.4. The maximum absolute atomic E-state index is 12.9. The SMILES string of the molecule is Cc1cc(Nc2nc(C)cs2)nc([C@@H]2CCCCN2C(=O)/C=C/c2cnc[nH]2)n1.